The largest absolute Gasteiger partial charge is 0.378 e. The van der Waals surface area contributed by atoms with Gasteiger partial charge in [-0.3, -0.25) is 4.72 Å². The minimum absolute atomic E-state index is 0.0911. The molecule has 1 aliphatic rings. The van der Waals surface area contributed by atoms with Crippen molar-refractivity contribution in [3.63, 3.8) is 0 Å². The normalized spacial score (nSPS) is 14.8. The van der Waals surface area contributed by atoms with E-state index in [0.717, 1.165) is 5.69 Å². The lowest BCUT2D eigenvalue weighted by Gasteiger charge is -2.30. The van der Waals surface area contributed by atoms with Gasteiger partial charge < -0.3 is 9.64 Å². The molecule has 0 amide bonds. The van der Waals surface area contributed by atoms with Crippen LogP contribution in [0, 0.1) is 0 Å². The highest BCUT2D eigenvalue weighted by Gasteiger charge is 2.21. The third-order valence-corrected chi connectivity index (χ3v) is 5.89. The highest BCUT2D eigenvalue weighted by Crippen LogP contribution is 2.32. The molecular formula is C17H17ClN6O3S. The molecule has 0 saturated carbocycles. The van der Waals surface area contributed by atoms with Gasteiger partial charge in [-0.1, -0.05) is 17.7 Å². The van der Waals surface area contributed by atoms with Crippen LogP contribution in [-0.2, 0) is 14.8 Å². The van der Waals surface area contributed by atoms with E-state index in [1.807, 2.05) is 6.07 Å². The minimum Gasteiger partial charge on any atom is -0.378 e. The topological polar surface area (TPSA) is 102 Å². The molecule has 0 aliphatic carbocycles. The number of sulfonamides is 1. The molecule has 4 rings (SSSR count). The van der Waals surface area contributed by atoms with Crippen molar-refractivity contribution in [3.8, 4) is 5.69 Å². The zero-order chi connectivity index (χ0) is 19.6. The van der Waals surface area contributed by atoms with Crippen molar-refractivity contribution in [2.24, 2.45) is 0 Å². The van der Waals surface area contributed by atoms with Crippen molar-refractivity contribution in [1.82, 2.24) is 20.2 Å². The van der Waals surface area contributed by atoms with Gasteiger partial charge in [0.05, 0.1) is 35.2 Å². The van der Waals surface area contributed by atoms with Gasteiger partial charge in [-0.05, 0) is 46.8 Å². The van der Waals surface area contributed by atoms with Gasteiger partial charge in [0.2, 0.25) is 0 Å². The molecule has 0 bridgehead atoms. The quantitative estimate of drug-likeness (QED) is 0.672. The molecule has 11 heteroatoms. The van der Waals surface area contributed by atoms with Crippen molar-refractivity contribution in [3.05, 3.63) is 53.8 Å². The Morgan fingerprint density at radius 3 is 2.68 bits per heavy atom. The first kappa shape index (κ1) is 18.7. The Hall–Kier alpha value is -2.69. The molecule has 2 heterocycles. The average Bonchev–Trinajstić information content (AvgIpc) is 3.24. The average molecular weight is 421 g/mol. The molecule has 1 fully saturated rings. The lowest BCUT2D eigenvalue weighted by molar-refractivity contribution is 0.123. The molecule has 3 aromatic rings. The molecule has 0 spiro atoms. The van der Waals surface area contributed by atoms with Crippen molar-refractivity contribution < 1.29 is 13.2 Å². The second-order valence-electron chi connectivity index (χ2n) is 6.12. The maximum Gasteiger partial charge on any atom is 0.262 e. The lowest BCUT2D eigenvalue weighted by Crippen LogP contribution is -2.36. The Bertz CT molecular complexity index is 1070. The van der Waals surface area contributed by atoms with Crippen LogP contribution in [-0.4, -0.2) is 54.9 Å². The number of tetrazole rings is 1. The second kappa shape index (κ2) is 7.74. The summed E-state index contributed by atoms with van der Waals surface area (Å²) in [5.41, 5.74) is 1.71. The lowest BCUT2D eigenvalue weighted by atomic mass is 10.2. The van der Waals surface area contributed by atoms with Crippen molar-refractivity contribution in [2.45, 2.75) is 4.90 Å². The van der Waals surface area contributed by atoms with Crippen LogP contribution in [0.1, 0.15) is 0 Å². The van der Waals surface area contributed by atoms with Gasteiger partial charge in [-0.25, -0.2) is 13.1 Å². The molecule has 1 N–H and O–H groups in total. The summed E-state index contributed by atoms with van der Waals surface area (Å²) >= 11 is 6.12. The molecule has 1 aromatic heterocycles. The van der Waals surface area contributed by atoms with Gasteiger partial charge in [0.25, 0.3) is 10.0 Å². The standard InChI is InChI=1S/C17H17ClN6O3S/c18-13-4-5-17(23-6-8-27-9-7-23)16(10-13)20-28(25,26)15-3-1-2-14(11-15)24-12-19-21-22-24/h1-5,10-12,20H,6-9H2. The molecule has 146 valence electrons. The van der Waals surface area contributed by atoms with E-state index in [1.54, 1.807) is 24.3 Å². The molecule has 0 atom stereocenters. The van der Waals surface area contributed by atoms with E-state index >= 15 is 0 Å². The number of hydrogen-bond acceptors (Lipinski definition) is 7. The number of aromatic nitrogens is 4. The van der Waals surface area contributed by atoms with E-state index < -0.39 is 10.0 Å². The fourth-order valence-electron chi connectivity index (χ4n) is 2.95. The first-order chi connectivity index (χ1) is 13.5. The third-order valence-electron chi connectivity index (χ3n) is 4.30. The van der Waals surface area contributed by atoms with Gasteiger partial charge in [-0.2, -0.15) is 0 Å². The number of morpholine rings is 1. The summed E-state index contributed by atoms with van der Waals surface area (Å²) in [7, 11) is -3.85. The number of nitrogens with one attached hydrogen (secondary N) is 1. The van der Waals surface area contributed by atoms with Crippen LogP contribution in [0.25, 0.3) is 5.69 Å². The maximum absolute atomic E-state index is 13.0. The zero-order valence-electron chi connectivity index (χ0n) is 14.7. The van der Waals surface area contributed by atoms with Crippen LogP contribution < -0.4 is 9.62 Å². The molecule has 1 saturated heterocycles. The molecule has 2 aromatic carbocycles. The summed E-state index contributed by atoms with van der Waals surface area (Å²) in [5, 5.41) is 11.4. The molecule has 28 heavy (non-hydrogen) atoms. The summed E-state index contributed by atoms with van der Waals surface area (Å²) in [4.78, 5) is 2.16. The number of hydrogen-bond donors (Lipinski definition) is 1. The van der Waals surface area contributed by atoms with E-state index in [4.69, 9.17) is 16.3 Å². The first-order valence-corrected chi connectivity index (χ1v) is 10.4. The number of ether oxygens (including phenoxy) is 1. The van der Waals surface area contributed by atoms with Gasteiger partial charge in [0.15, 0.2) is 0 Å². The highest BCUT2D eigenvalue weighted by atomic mass is 35.5. The van der Waals surface area contributed by atoms with E-state index in [9.17, 15) is 8.42 Å². The Labute approximate surface area is 166 Å². The maximum atomic E-state index is 13.0. The Morgan fingerprint density at radius 2 is 1.93 bits per heavy atom. The Balaban J connectivity index is 1.67. The second-order valence-corrected chi connectivity index (χ2v) is 8.24. The van der Waals surface area contributed by atoms with E-state index in [2.05, 4.69) is 25.1 Å². The van der Waals surface area contributed by atoms with Crippen LogP contribution in [0.4, 0.5) is 11.4 Å². The number of halogens is 1. The smallest absolute Gasteiger partial charge is 0.262 e. The fourth-order valence-corrected chi connectivity index (χ4v) is 4.22. The van der Waals surface area contributed by atoms with Gasteiger partial charge in [-0.15, -0.1) is 5.10 Å². The zero-order valence-corrected chi connectivity index (χ0v) is 16.3. The van der Waals surface area contributed by atoms with E-state index in [-0.39, 0.29) is 4.90 Å². The van der Waals surface area contributed by atoms with Crippen LogP contribution in [0.15, 0.2) is 53.7 Å². The van der Waals surface area contributed by atoms with Crippen LogP contribution >= 0.6 is 11.6 Å². The van der Waals surface area contributed by atoms with Gasteiger partial charge >= 0.3 is 0 Å². The number of benzene rings is 2. The van der Waals surface area contributed by atoms with Gasteiger partial charge in [0, 0.05) is 18.1 Å². The SMILES string of the molecule is O=S(=O)(Nc1cc(Cl)ccc1N1CCOCC1)c1cccc(-n2cnnn2)c1. The summed E-state index contributed by atoms with van der Waals surface area (Å²) in [6.07, 6.45) is 1.40. The van der Waals surface area contributed by atoms with Crippen LogP contribution in [0.3, 0.4) is 0 Å². The molecule has 9 nitrogen and oxygen atoms in total. The third kappa shape index (κ3) is 3.93. The molecule has 1 aliphatic heterocycles. The van der Waals surface area contributed by atoms with E-state index in [1.165, 1.54) is 23.1 Å². The van der Waals surface area contributed by atoms with Crippen molar-refractivity contribution >= 4 is 33.0 Å². The molecule has 0 unspecified atom stereocenters. The molecule has 0 radical (unpaired) electrons. The highest BCUT2D eigenvalue weighted by molar-refractivity contribution is 7.92. The summed E-state index contributed by atoms with van der Waals surface area (Å²) in [6.45, 7) is 2.52. The molecular weight excluding hydrogens is 404 g/mol. The fraction of sp³-hybridized carbons (Fsp3) is 0.235. The predicted octanol–water partition coefficient (Wildman–Crippen LogP) is 1.95. The van der Waals surface area contributed by atoms with Crippen LogP contribution in [0.5, 0.6) is 0 Å². The number of rotatable bonds is 5. The predicted molar refractivity (Wildman–Crippen MR) is 104 cm³/mol. The van der Waals surface area contributed by atoms with Gasteiger partial charge in [0.1, 0.15) is 6.33 Å². The Morgan fingerprint density at radius 1 is 1.11 bits per heavy atom. The number of anilines is 2. The Kier molecular flexibility index (Phi) is 5.16. The van der Waals surface area contributed by atoms with Crippen LogP contribution in [0.2, 0.25) is 5.02 Å². The summed E-state index contributed by atoms with van der Waals surface area (Å²) in [5.74, 6) is 0. The first-order valence-electron chi connectivity index (χ1n) is 8.51. The summed E-state index contributed by atoms with van der Waals surface area (Å²) < 4.78 is 35.4. The minimum atomic E-state index is -3.85. The monoisotopic (exact) mass is 420 g/mol. The van der Waals surface area contributed by atoms with Crippen molar-refractivity contribution in [2.75, 3.05) is 35.9 Å². The summed E-state index contributed by atoms with van der Waals surface area (Å²) in [6, 6.07) is 11.5. The van der Waals surface area contributed by atoms with Crippen molar-refractivity contribution in [1.29, 1.82) is 0 Å². The van der Waals surface area contributed by atoms with E-state index in [0.29, 0.717) is 42.7 Å². The number of nitrogens with zero attached hydrogens (tertiary/aromatic N) is 5.